The fourth-order valence-corrected chi connectivity index (χ4v) is 3.67. The van der Waals surface area contributed by atoms with Crippen molar-refractivity contribution < 1.29 is 4.79 Å². The number of piperidine rings is 1. The number of aromatic nitrogens is 4. The van der Waals surface area contributed by atoms with E-state index in [-0.39, 0.29) is 5.91 Å². The van der Waals surface area contributed by atoms with Crippen molar-refractivity contribution in [1.29, 1.82) is 0 Å². The van der Waals surface area contributed by atoms with E-state index in [4.69, 9.17) is 0 Å². The lowest BCUT2D eigenvalue weighted by Crippen LogP contribution is -2.30. The van der Waals surface area contributed by atoms with Crippen LogP contribution in [0.25, 0.3) is 11.3 Å². The van der Waals surface area contributed by atoms with Gasteiger partial charge in [0, 0.05) is 24.3 Å². The Bertz CT molecular complexity index is 916. The summed E-state index contributed by atoms with van der Waals surface area (Å²) in [6, 6.07) is 11.6. The lowest BCUT2D eigenvalue weighted by atomic mass is 10.1. The van der Waals surface area contributed by atoms with Gasteiger partial charge in [-0.05, 0) is 62.0 Å². The van der Waals surface area contributed by atoms with Crippen LogP contribution in [0.5, 0.6) is 0 Å². The third kappa shape index (κ3) is 3.95. The monoisotopic (exact) mass is 380 g/mol. The fraction of sp³-hybridized carbons (Fsp3) is 0.316. The van der Waals surface area contributed by atoms with Crippen LogP contribution in [0.3, 0.4) is 0 Å². The minimum absolute atomic E-state index is 0.194. The highest BCUT2D eigenvalue weighted by atomic mass is 32.1. The first-order valence-corrected chi connectivity index (χ1v) is 9.77. The molecule has 0 unspecified atom stereocenters. The largest absolute Gasteiger partial charge is 0.355 e. The van der Waals surface area contributed by atoms with Crippen LogP contribution >= 0.6 is 11.5 Å². The number of hydrogen-bond donors (Lipinski definition) is 1. The highest BCUT2D eigenvalue weighted by Crippen LogP contribution is 2.23. The van der Waals surface area contributed by atoms with Crippen LogP contribution in [0.1, 0.15) is 34.6 Å². The van der Waals surface area contributed by atoms with Crippen molar-refractivity contribution in [2.24, 2.45) is 0 Å². The summed E-state index contributed by atoms with van der Waals surface area (Å²) >= 11 is 1.09. The van der Waals surface area contributed by atoms with Gasteiger partial charge < -0.3 is 10.2 Å². The van der Waals surface area contributed by atoms with Crippen LogP contribution in [0.4, 0.5) is 11.5 Å². The highest BCUT2D eigenvalue weighted by molar-refractivity contribution is 7.08. The predicted molar refractivity (Wildman–Crippen MR) is 106 cm³/mol. The summed E-state index contributed by atoms with van der Waals surface area (Å²) in [6.45, 7) is 3.88. The maximum atomic E-state index is 12.2. The Hall–Kier alpha value is -2.87. The second kappa shape index (κ2) is 7.79. The van der Waals surface area contributed by atoms with Gasteiger partial charge in [-0.15, -0.1) is 15.3 Å². The number of benzene rings is 1. The Morgan fingerprint density at radius 3 is 2.41 bits per heavy atom. The van der Waals surface area contributed by atoms with Gasteiger partial charge in [-0.25, -0.2) is 0 Å². The third-order valence-corrected chi connectivity index (χ3v) is 5.45. The zero-order valence-corrected chi connectivity index (χ0v) is 15.9. The van der Waals surface area contributed by atoms with Gasteiger partial charge in [0.25, 0.3) is 5.91 Å². The Balaban J connectivity index is 1.44. The average Bonchev–Trinajstić information content (AvgIpc) is 3.15. The topological polar surface area (TPSA) is 83.9 Å². The molecule has 1 amide bonds. The molecule has 0 saturated carbocycles. The van der Waals surface area contributed by atoms with Crippen molar-refractivity contribution >= 4 is 28.9 Å². The van der Waals surface area contributed by atoms with Crippen molar-refractivity contribution in [1.82, 2.24) is 19.8 Å². The average molecular weight is 380 g/mol. The number of carbonyl (C=O) groups is 1. The molecule has 4 rings (SSSR count). The molecule has 1 aromatic carbocycles. The molecule has 138 valence electrons. The molecule has 1 fully saturated rings. The first kappa shape index (κ1) is 17.5. The maximum absolute atomic E-state index is 12.2. The summed E-state index contributed by atoms with van der Waals surface area (Å²) in [7, 11) is 0. The Morgan fingerprint density at radius 2 is 1.78 bits per heavy atom. The molecule has 7 nitrogen and oxygen atoms in total. The quantitative estimate of drug-likeness (QED) is 0.745. The third-order valence-electron chi connectivity index (χ3n) is 4.63. The van der Waals surface area contributed by atoms with Gasteiger partial charge >= 0.3 is 0 Å². The minimum atomic E-state index is -0.194. The SMILES string of the molecule is Cc1nnsc1C(=O)Nc1ccc(-c2ccc(N3CCCCC3)nn2)cc1. The molecular weight excluding hydrogens is 360 g/mol. The number of nitrogens with zero attached hydrogens (tertiary/aromatic N) is 5. The fourth-order valence-electron chi connectivity index (χ4n) is 3.12. The van der Waals surface area contributed by atoms with Crippen molar-refractivity contribution in [2.45, 2.75) is 26.2 Å². The summed E-state index contributed by atoms with van der Waals surface area (Å²) in [6.07, 6.45) is 3.73. The Kier molecular flexibility index (Phi) is 5.06. The van der Waals surface area contributed by atoms with E-state index in [1.165, 1.54) is 19.3 Å². The molecule has 1 N–H and O–H groups in total. The molecule has 0 radical (unpaired) electrons. The van der Waals surface area contributed by atoms with Crippen LogP contribution in [-0.2, 0) is 0 Å². The number of carbonyl (C=O) groups excluding carboxylic acids is 1. The number of hydrogen-bond acceptors (Lipinski definition) is 7. The van der Waals surface area contributed by atoms with E-state index in [0.29, 0.717) is 10.6 Å². The van der Waals surface area contributed by atoms with Crippen molar-refractivity contribution in [3.05, 3.63) is 47.0 Å². The van der Waals surface area contributed by atoms with Gasteiger partial charge in [0.1, 0.15) is 4.88 Å². The molecule has 1 aliphatic heterocycles. The summed E-state index contributed by atoms with van der Waals surface area (Å²) in [4.78, 5) is 15.0. The van der Waals surface area contributed by atoms with E-state index in [1.54, 1.807) is 6.92 Å². The first-order chi connectivity index (χ1) is 13.2. The molecule has 8 heteroatoms. The van der Waals surface area contributed by atoms with E-state index < -0.39 is 0 Å². The van der Waals surface area contributed by atoms with Crippen LogP contribution in [0.15, 0.2) is 36.4 Å². The maximum Gasteiger partial charge on any atom is 0.269 e. The summed E-state index contributed by atoms with van der Waals surface area (Å²) < 4.78 is 3.79. The molecule has 0 spiro atoms. The van der Waals surface area contributed by atoms with Gasteiger partial charge in [0.2, 0.25) is 0 Å². The molecule has 2 aromatic heterocycles. The molecule has 1 saturated heterocycles. The number of aryl methyl sites for hydroxylation is 1. The summed E-state index contributed by atoms with van der Waals surface area (Å²) in [5.41, 5.74) is 3.13. The molecule has 0 atom stereocenters. The summed E-state index contributed by atoms with van der Waals surface area (Å²) in [5.74, 6) is 0.747. The lowest BCUT2D eigenvalue weighted by molar-refractivity contribution is 0.103. The zero-order valence-electron chi connectivity index (χ0n) is 15.1. The van der Waals surface area contributed by atoms with Gasteiger partial charge in [0.05, 0.1) is 11.4 Å². The van der Waals surface area contributed by atoms with E-state index in [9.17, 15) is 4.79 Å². The number of rotatable bonds is 4. The number of amides is 1. The van der Waals surface area contributed by atoms with Gasteiger partial charge in [-0.3, -0.25) is 4.79 Å². The molecule has 0 bridgehead atoms. The lowest BCUT2D eigenvalue weighted by Gasteiger charge is -2.27. The number of anilines is 2. The molecule has 0 aliphatic carbocycles. The van der Waals surface area contributed by atoms with E-state index in [0.717, 1.165) is 47.4 Å². The minimum Gasteiger partial charge on any atom is -0.355 e. The predicted octanol–water partition coefficient (Wildman–Crippen LogP) is 3.55. The van der Waals surface area contributed by atoms with Crippen LogP contribution in [0, 0.1) is 6.92 Å². The van der Waals surface area contributed by atoms with Crippen molar-refractivity contribution in [3.8, 4) is 11.3 Å². The van der Waals surface area contributed by atoms with E-state index in [1.807, 2.05) is 36.4 Å². The number of nitrogens with one attached hydrogen (secondary N) is 1. The van der Waals surface area contributed by atoms with E-state index in [2.05, 4.69) is 30.0 Å². The zero-order chi connectivity index (χ0) is 18.6. The highest BCUT2D eigenvalue weighted by Gasteiger charge is 2.14. The van der Waals surface area contributed by atoms with Crippen molar-refractivity contribution in [2.75, 3.05) is 23.3 Å². The van der Waals surface area contributed by atoms with Gasteiger partial charge in [-0.2, -0.15) is 0 Å². The summed E-state index contributed by atoms with van der Waals surface area (Å²) in [5, 5.41) is 15.5. The molecule has 1 aliphatic rings. The smallest absolute Gasteiger partial charge is 0.269 e. The molecular formula is C19H20N6OS. The van der Waals surface area contributed by atoms with Crippen LogP contribution < -0.4 is 10.2 Å². The second-order valence-electron chi connectivity index (χ2n) is 6.54. The normalized spacial score (nSPS) is 14.2. The standard InChI is InChI=1S/C19H20N6OS/c1-13-18(27-24-21-13)19(26)20-15-7-5-14(6-8-15)16-9-10-17(23-22-16)25-11-3-2-4-12-25/h5-10H,2-4,11-12H2,1H3,(H,20,26). The van der Waals surface area contributed by atoms with Crippen LogP contribution in [-0.4, -0.2) is 38.8 Å². The van der Waals surface area contributed by atoms with E-state index >= 15 is 0 Å². The second-order valence-corrected chi connectivity index (χ2v) is 7.30. The molecule has 3 heterocycles. The molecule has 27 heavy (non-hydrogen) atoms. The Labute approximate surface area is 161 Å². The van der Waals surface area contributed by atoms with Gasteiger partial charge in [0.15, 0.2) is 5.82 Å². The van der Waals surface area contributed by atoms with Crippen LogP contribution in [0.2, 0.25) is 0 Å². The Morgan fingerprint density at radius 1 is 1.00 bits per heavy atom. The van der Waals surface area contributed by atoms with Gasteiger partial charge in [-0.1, -0.05) is 16.6 Å². The van der Waals surface area contributed by atoms with Crippen molar-refractivity contribution in [3.63, 3.8) is 0 Å². The first-order valence-electron chi connectivity index (χ1n) is 9.00. The molecule has 3 aromatic rings.